The van der Waals surface area contributed by atoms with Crippen LogP contribution in [-0.2, 0) is 26.4 Å². The first kappa shape index (κ1) is 20.5. The van der Waals surface area contributed by atoms with Crippen molar-refractivity contribution in [1.29, 1.82) is 0 Å². The number of hydrogen-bond acceptors (Lipinski definition) is 7. The Morgan fingerprint density at radius 1 is 1.07 bits per heavy atom. The Morgan fingerprint density at radius 2 is 1.80 bits per heavy atom. The molecule has 2 heterocycles. The number of hydrogen-bond donors (Lipinski definition) is 1. The van der Waals surface area contributed by atoms with Crippen molar-refractivity contribution in [3.63, 3.8) is 0 Å². The van der Waals surface area contributed by atoms with E-state index in [-0.39, 0.29) is 14.9 Å². The van der Waals surface area contributed by atoms with E-state index < -0.39 is 19.9 Å². The maximum atomic E-state index is 12.9. The molecule has 30 heavy (non-hydrogen) atoms. The van der Waals surface area contributed by atoms with E-state index in [1.165, 1.54) is 18.3 Å². The Hall–Kier alpha value is -2.76. The smallest absolute Gasteiger partial charge is 0.267 e. The summed E-state index contributed by atoms with van der Waals surface area (Å²) in [5, 5.41) is 4.47. The molecule has 156 valence electrons. The molecule has 4 aromatic rings. The van der Waals surface area contributed by atoms with E-state index in [1.807, 2.05) is 30.3 Å². The highest BCUT2D eigenvalue weighted by molar-refractivity contribution is 7.93. The Balaban J connectivity index is 1.61. The first-order chi connectivity index (χ1) is 14.1. The van der Waals surface area contributed by atoms with Gasteiger partial charge in [-0.05, 0) is 30.7 Å². The van der Waals surface area contributed by atoms with E-state index in [9.17, 15) is 16.8 Å². The zero-order valence-electron chi connectivity index (χ0n) is 16.1. The standard InChI is InChI=1S/C19H18N4O4S3/c1-13-18(12-23(21-13)11-14-6-4-3-5-7-14)30(26,27)22-19-20-16-9-8-15(29(2,24)25)10-17(16)28-19/h3-10,12H,11H2,1-2H3,(H,20,22). The molecule has 0 atom stereocenters. The lowest BCUT2D eigenvalue weighted by Crippen LogP contribution is -2.13. The number of nitrogens with zero attached hydrogens (tertiary/aromatic N) is 3. The molecule has 0 aliphatic carbocycles. The van der Waals surface area contributed by atoms with Crippen molar-refractivity contribution in [3.8, 4) is 0 Å². The van der Waals surface area contributed by atoms with E-state index in [1.54, 1.807) is 17.7 Å². The summed E-state index contributed by atoms with van der Waals surface area (Å²) < 4.78 is 53.9. The van der Waals surface area contributed by atoms with Gasteiger partial charge in [-0.2, -0.15) is 5.10 Å². The minimum Gasteiger partial charge on any atom is -0.267 e. The predicted molar refractivity (Wildman–Crippen MR) is 116 cm³/mol. The van der Waals surface area contributed by atoms with Crippen molar-refractivity contribution in [2.45, 2.75) is 23.3 Å². The SMILES string of the molecule is Cc1nn(Cc2ccccc2)cc1S(=O)(=O)Nc1nc2ccc(S(C)(=O)=O)cc2s1. The Bertz CT molecular complexity index is 1440. The molecule has 2 aromatic heterocycles. The molecule has 0 unspecified atom stereocenters. The Morgan fingerprint density at radius 3 is 2.50 bits per heavy atom. The molecule has 1 N–H and O–H groups in total. The summed E-state index contributed by atoms with van der Waals surface area (Å²) in [6.45, 7) is 2.08. The highest BCUT2D eigenvalue weighted by atomic mass is 32.2. The number of benzene rings is 2. The fourth-order valence-corrected chi connectivity index (χ4v) is 6.01. The van der Waals surface area contributed by atoms with E-state index in [4.69, 9.17) is 0 Å². The van der Waals surface area contributed by atoms with Gasteiger partial charge in [0.1, 0.15) is 4.90 Å². The van der Waals surface area contributed by atoms with Crippen molar-refractivity contribution in [2.24, 2.45) is 0 Å². The second-order valence-corrected chi connectivity index (χ2v) is 11.5. The molecule has 0 fully saturated rings. The van der Waals surface area contributed by atoms with Gasteiger partial charge in [0.05, 0.1) is 27.4 Å². The molecule has 0 spiro atoms. The van der Waals surface area contributed by atoms with Gasteiger partial charge in [0, 0.05) is 12.5 Å². The minimum absolute atomic E-state index is 0.0644. The summed E-state index contributed by atoms with van der Waals surface area (Å²) in [6.07, 6.45) is 2.61. The molecule has 8 nitrogen and oxygen atoms in total. The van der Waals surface area contributed by atoms with Gasteiger partial charge in [-0.1, -0.05) is 41.7 Å². The molecule has 0 aliphatic heterocycles. The summed E-state index contributed by atoms with van der Waals surface area (Å²) in [5.41, 5.74) is 1.89. The average Bonchev–Trinajstić information content (AvgIpc) is 3.23. The number of sulfone groups is 1. The molecule has 0 bridgehead atoms. The normalized spacial score (nSPS) is 12.3. The summed E-state index contributed by atoms with van der Waals surface area (Å²) >= 11 is 1.07. The lowest BCUT2D eigenvalue weighted by atomic mass is 10.2. The fourth-order valence-electron chi connectivity index (χ4n) is 2.96. The topological polar surface area (TPSA) is 111 Å². The van der Waals surface area contributed by atoms with Gasteiger partial charge in [-0.3, -0.25) is 9.40 Å². The Kier molecular flexibility index (Phi) is 5.12. The van der Waals surface area contributed by atoms with Crippen molar-refractivity contribution < 1.29 is 16.8 Å². The van der Waals surface area contributed by atoms with Crippen molar-refractivity contribution in [1.82, 2.24) is 14.8 Å². The largest absolute Gasteiger partial charge is 0.267 e. The molecule has 11 heteroatoms. The van der Waals surface area contributed by atoms with Crippen molar-refractivity contribution in [2.75, 3.05) is 11.0 Å². The van der Waals surface area contributed by atoms with Gasteiger partial charge in [0.2, 0.25) is 0 Å². The number of sulfonamides is 1. The van der Waals surface area contributed by atoms with Crippen molar-refractivity contribution in [3.05, 3.63) is 66.0 Å². The second kappa shape index (κ2) is 7.49. The highest BCUT2D eigenvalue weighted by Gasteiger charge is 2.22. The average molecular weight is 463 g/mol. The lowest BCUT2D eigenvalue weighted by molar-refractivity contribution is 0.599. The summed E-state index contributed by atoms with van der Waals surface area (Å²) in [5.74, 6) is 0. The van der Waals surface area contributed by atoms with E-state index >= 15 is 0 Å². The minimum atomic E-state index is -3.91. The van der Waals surface area contributed by atoms with Gasteiger partial charge >= 0.3 is 0 Å². The fraction of sp³-hybridized carbons (Fsp3) is 0.158. The Labute approximate surface area is 178 Å². The van der Waals surface area contributed by atoms with Crippen LogP contribution in [0.5, 0.6) is 0 Å². The van der Waals surface area contributed by atoms with E-state index in [2.05, 4.69) is 14.8 Å². The number of thiazole rings is 1. The summed E-state index contributed by atoms with van der Waals surface area (Å²) in [6, 6.07) is 14.1. The molecule has 0 saturated heterocycles. The zero-order valence-corrected chi connectivity index (χ0v) is 18.6. The third-order valence-corrected chi connectivity index (χ3v) is 8.00. The van der Waals surface area contributed by atoms with Gasteiger partial charge in [-0.25, -0.2) is 21.8 Å². The number of fused-ring (bicyclic) bond motifs is 1. The molecule has 4 rings (SSSR count). The molecule has 2 aromatic carbocycles. The van der Waals surface area contributed by atoms with Crippen molar-refractivity contribution >= 4 is 46.5 Å². The molecular weight excluding hydrogens is 444 g/mol. The van der Waals surface area contributed by atoms with Crippen LogP contribution in [0.2, 0.25) is 0 Å². The third kappa shape index (κ3) is 4.23. The van der Waals surface area contributed by atoms with Gasteiger partial charge < -0.3 is 0 Å². The van der Waals surface area contributed by atoms with Gasteiger partial charge in [0.25, 0.3) is 10.0 Å². The van der Waals surface area contributed by atoms with E-state index in [0.717, 1.165) is 23.2 Å². The van der Waals surface area contributed by atoms with E-state index in [0.29, 0.717) is 22.5 Å². The monoisotopic (exact) mass is 462 g/mol. The van der Waals surface area contributed by atoms with Crippen LogP contribution in [0.3, 0.4) is 0 Å². The van der Waals surface area contributed by atoms with Crippen LogP contribution in [0.25, 0.3) is 10.2 Å². The quantitative estimate of drug-likeness (QED) is 0.471. The molecule has 0 amide bonds. The number of rotatable bonds is 6. The molecule has 0 aliphatic rings. The third-order valence-electron chi connectivity index (χ3n) is 4.39. The molecule has 0 radical (unpaired) electrons. The lowest BCUT2D eigenvalue weighted by Gasteiger charge is -2.03. The van der Waals surface area contributed by atoms with Gasteiger partial charge in [-0.15, -0.1) is 0 Å². The number of aryl methyl sites for hydroxylation is 1. The van der Waals surface area contributed by atoms with Crippen LogP contribution < -0.4 is 4.72 Å². The first-order valence-corrected chi connectivity index (χ1v) is 13.0. The maximum absolute atomic E-state index is 12.9. The van der Waals surface area contributed by atoms with Crippen LogP contribution in [0, 0.1) is 6.92 Å². The molecule has 0 saturated carbocycles. The second-order valence-electron chi connectivity index (χ2n) is 6.79. The number of aromatic nitrogens is 3. The van der Waals surface area contributed by atoms with Crippen LogP contribution in [0.4, 0.5) is 5.13 Å². The van der Waals surface area contributed by atoms with Crippen LogP contribution >= 0.6 is 11.3 Å². The first-order valence-electron chi connectivity index (χ1n) is 8.83. The maximum Gasteiger partial charge on any atom is 0.267 e. The summed E-state index contributed by atoms with van der Waals surface area (Å²) in [7, 11) is -7.27. The summed E-state index contributed by atoms with van der Waals surface area (Å²) in [4.78, 5) is 4.48. The predicted octanol–water partition coefficient (Wildman–Crippen LogP) is 3.05. The van der Waals surface area contributed by atoms with Crippen LogP contribution in [0.15, 0.2) is 64.5 Å². The van der Waals surface area contributed by atoms with Crippen LogP contribution in [0.1, 0.15) is 11.3 Å². The van der Waals surface area contributed by atoms with Crippen LogP contribution in [-0.4, -0.2) is 37.9 Å². The molecular formula is C19H18N4O4S3. The highest BCUT2D eigenvalue weighted by Crippen LogP contribution is 2.30. The number of nitrogens with one attached hydrogen (secondary N) is 1. The zero-order chi connectivity index (χ0) is 21.5. The van der Waals surface area contributed by atoms with Gasteiger partial charge in [0.15, 0.2) is 15.0 Å². The number of anilines is 1.